The first-order chi connectivity index (χ1) is 7.29. The molecule has 80 valence electrons. The van der Waals surface area contributed by atoms with Crippen LogP contribution < -0.4 is 16.6 Å². The SMILES string of the molecule is NNC(=NC1CC1)Nc1ccccc1Cl. The Kier molecular flexibility index (Phi) is 3.08. The van der Waals surface area contributed by atoms with Gasteiger partial charge in [-0.05, 0) is 25.0 Å². The Labute approximate surface area is 93.5 Å². The number of nitrogens with one attached hydrogen (secondary N) is 2. The number of aliphatic imine (C=N–C) groups is 1. The third-order valence-electron chi connectivity index (χ3n) is 2.12. The molecule has 0 bridgehead atoms. The van der Waals surface area contributed by atoms with Crippen LogP contribution in [0.5, 0.6) is 0 Å². The molecule has 5 heteroatoms. The van der Waals surface area contributed by atoms with E-state index in [1.165, 1.54) is 0 Å². The number of nitrogens with two attached hydrogens (primary N) is 1. The van der Waals surface area contributed by atoms with Crippen molar-refractivity contribution in [2.24, 2.45) is 10.8 Å². The molecule has 0 unspecified atom stereocenters. The predicted octanol–water partition coefficient (Wildman–Crippen LogP) is 1.73. The fourth-order valence-electron chi connectivity index (χ4n) is 1.18. The Morgan fingerprint density at radius 3 is 2.73 bits per heavy atom. The Bertz CT molecular complexity index is 373. The number of hydrazine groups is 1. The standard InChI is InChI=1S/C10H13ClN4/c11-8-3-1-2-4-9(8)14-10(15-12)13-7-5-6-7/h1-4,7H,5-6,12H2,(H2,13,14,15). The highest BCUT2D eigenvalue weighted by atomic mass is 35.5. The zero-order chi connectivity index (χ0) is 10.7. The van der Waals surface area contributed by atoms with Gasteiger partial charge in [-0.25, -0.2) is 10.8 Å². The summed E-state index contributed by atoms with van der Waals surface area (Å²) in [5.41, 5.74) is 3.33. The van der Waals surface area contributed by atoms with E-state index in [2.05, 4.69) is 15.7 Å². The Hall–Kier alpha value is -1.26. The van der Waals surface area contributed by atoms with E-state index in [0.717, 1.165) is 18.5 Å². The van der Waals surface area contributed by atoms with Gasteiger partial charge in [0.05, 0.1) is 16.8 Å². The lowest BCUT2D eigenvalue weighted by Gasteiger charge is -2.09. The molecule has 1 saturated carbocycles. The second-order valence-electron chi connectivity index (χ2n) is 3.46. The highest BCUT2D eigenvalue weighted by Crippen LogP contribution is 2.24. The third kappa shape index (κ3) is 2.84. The van der Waals surface area contributed by atoms with Crippen molar-refractivity contribution in [2.45, 2.75) is 18.9 Å². The molecule has 0 atom stereocenters. The van der Waals surface area contributed by atoms with Crippen LogP contribution in [0.1, 0.15) is 12.8 Å². The Morgan fingerprint density at radius 2 is 2.13 bits per heavy atom. The van der Waals surface area contributed by atoms with Crippen molar-refractivity contribution in [3.63, 3.8) is 0 Å². The maximum atomic E-state index is 5.99. The average molecular weight is 225 g/mol. The molecule has 0 aromatic heterocycles. The van der Waals surface area contributed by atoms with Gasteiger partial charge in [-0.1, -0.05) is 23.7 Å². The summed E-state index contributed by atoms with van der Waals surface area (Å²) in [4.78, 5) is 4.35. The van der Waals surface area contributed by atoms with Crippen molar-refractivity contribution in [2.75, 3.05) is 5.32 Å². The first kappa shape index (κ1) is 10.3. The molecule has 0 radical (unpaired) electrons. The van der Waals surface area contributed by atoms with E-state index in [9.17, 15) is 0 Å². The van der Waals surface area contributed by atoms with Crippen molar-refractivity contribution < 1.29 is 0 Å². The Morgan fingerprint density at radius 1 is 1.40 bits per heavy atom. The highest BCUT2D eigenvalue weighted by molar-refractivity contribution is 6.33. The number of halogens is 1. The molecule has 1 aliphatic rings. The van der Waals surface area contributed by atoms with Crippen molar-refractivity contribution in [1.82, 2.24) is 5.43 Å². The highest BCUT2D eigenvalue weighted by Gasteiger charge is 2.21. The third-order valence-corrected chi connectivity index (χ3v) is 2.45. The molecule has 1 aromatic rings. The van der Waals surface area contributed by atoms with Crippen molar-refractivity contribution in [3.05, 3.63) is 29.3 Å². The second kappa shape index (κ2) is 4.51. The van der Waals surface area contributed by atoms with Gasteiger partial charge in [-0.2, -0.15) is 0 Å². The zero-order valence-electron chi connectivity index (χ0n) is 8.20. The van der Waals surface area contributed by atoms with Crippen LogP contribution in [-0.4, -0.2) is 12.0 Å². The number of guanidine groups is 1. The summed E-state index contributed by atoms with van der Waals surface area (Å²) in [5.74, 6) is 5.92. The molecule has 0 heterocycles. The quantitative estimate of drug-likeness (QED) is 0.310. The minimum absolute atomic E-state index is 0.408. The number of nitrogens with zero attached hydrogens (tertiary/aromatic N) is 1. The van der Waals surface area contributed by atoms with Gasteiger partial charge in [0.1, 0.15) is 0 Å². The minimum Gasteiger partial charge on any atom is -0.324 e. The van der Waals surface area contributed by atoms with Gasteiger partial charge >= 0.3 is 0 Å². The summed E-state index contributed by atoms with van der Waals surface area (Å²) >= 11 is 5.99. The maximum absolute atomic E-state index is 5.99. The van der Waals surface area contributed by atoms with Gasteiger partial charge < -0.3 is 5.32 Å². The second-order valence-corrected chi connectivity index (χ2v) is 3.87. The van der Waals surface area contributed by atoms with Crippen LogP contribution in [-0.2, 0) is 0 Å². The molecule has 0 aliphatic heterocycles. The summed E-state index contributed by atoms with van der Waals surface area (Å²) in [6, 6.07) is 7.88. The molecule has 2 rings (SSSR count). The number of hydrogen-bond acceptors (Lipinski definition) is 2. The number of benzene rings is 1. The van der Waals surface area contributed by atoms with Gasteiger partial charge in [0.2, 0.25) is 5.96 Å². The molecule has 0 spiro atoms. The molecule has 4 N–H and O–H groups in total. The lowest BCUT2D eigenvalue weighted by Crippen LogP contribution is -2.36. The smallest absolute Gasteiger partial charge is 0.210 e. The van der Waals surface area contributed by atoms with E-state index < -0.39 is 0 Å². The van der Waals surface area contributed by atoms with Gasteiger partial charge in [0, 0.05) is 0 Å². The minimum atomic E-state index is 0.408. The normalized spacial score (nSPS) is 16.3. The fraction of sp³-hybridized carbons (Fsp3) is 0.300. The lowest BCUT2D eigenvalue weighted by molar-refractivity contribution is 0.966. The van der Waals surface area contributed by atoms with Crippen molar-refractivity contribution >= 4 is 23.2 Å². The van der Waals surface area contributed by atoms with Gasteiger partial charge in [-0.3, -0.25) is 5.43 Å². The van der Waals surface area contributed by atoms with Crippen LogP contribution in [0.4, 0.5) is 5.69 Å². The average Bonchev–Trinajstić information content (AvgIpc) is 3.04. The van der Waals surface area contributed by atoms with Gasteiger partial charge in [0.15, 0.2) is 0 Å². The predicted molar refractivity (Wildman–Crippen MR) is 62.9 cm³/mol. The van der Waals surface area contributed by atoms with E-state index in [1.54, 1.807) is 0 Å². The maximum Gasteiger partial charge on any atom is 0.210 e. The molecule has 1 fully saturated rings. The van der Waals surface area contributed by atoms with Crippen molar-refractivity contribution in [1.29, 1.82) is 0 Å². The first-order valence-corrected chi connectivity index (χ1v) is 5.23. The monoisotopic (exact) mass is 224 g/mol. The van der Waals surface area contributed by atoms with Crippen LogP contribution in [0.3, 0.4) is 0 Å². The zero-order valence-corrected chi connectivity index (χ0v) is 8.96. The summed E-state index contributed by atoms with van der Waals surface area (Å²) in [5, 5.41) is 3.70. The first-order valence-electron chi connectivity index (χ1n) is 4.85. The molecule has 0 amide bonds. The summed E-state index contributed by atoms with van der Waals surface area (Å²) < 4.78 is 0. The largest absolute Gasteiger partial charge is 0.324 e. The molecular formula is C10H13ClN4. The van der Waals surface area contributed by atoms with E-state index in [4.69, 9.17) is 17.4 Å². The lowest BCUT2D eigenvalue weighted by atomic mass is 10.3. The van der Waals surface area contributed by atoms with Crippen LogP contribution in [0.25, 0.3) is 0 Å². The number of anilines is 1. The van der Waals surface area contributed by atoms with Crippen LogP contribution in [0.2, 0.25) is 5.02 Å². The summed E-state index contributed by atoms with van der Waals surface area (Å²) in [6.07, 6.45) is 2.27. The number of rotatable bonds is 2. The summed E-state index contributed by atoms with van der Waals surface area (Å²) in [6.45, 7) is 0. The van der Waals surface area contributed by atoms with Gasteiger partial charge in [-0.15, -0.1) is 0 Å². The Balaban J connectivity index is 2.09. The van der Waals surface area contributed by atoms with Crippen molar-refractivity contribution in [3.8, 4) is 0 Å². The van der Waals surface area contributed by atoms with Gasteiger partial charge in [0.25, 0.3) is 0 Å². The topological polar surface area (TPSA) is 62.4 Å². The molecule has 4 nitrogen and oxygen atoms in total. The molecule has 1 aliphatic carbocycles. The van der Waals surface area contributed by atoms with Crippen LogP contribution >= 0.6 is 11.6 Å². The molecular weight excluding hydrogens is 212 g/mol. The summed E-state index contributed by atoms with van der Waals surface area (Å²) in [7, 11) is 0. The van der Waals surface area contributed by atoms with Crippen LogP contribution in [0.15, 0.2) is 29.3 Å². The molecule has 0 saturated heterocycles. The van der Waals surface area contributed by atoms with E-state index in [1.807, 2.05) is 24.3 Å². The van der Waals surface area contributed by atoms with E-state index in [0.29, 0.717) is 17.0 Å². The number of hydrogen-bond donors (Lipinski definition) is 3. The molecule has 1 aromatic carbocycles. The fourth-order valence-corrected chi connectivity index (χ4v) is 1.36. The number of para-hydroxylation sites is 1. The van der Waals surface area contributed by atoms with E-state index in [-0.39, 0.29) is 0 Å². The van der Waals surface area contributed by atoms with E-state index >= 15 is 0 Å². The van der Waals surface area contributed by atoms with Crippen LogP contribution in [0, 0.1) is 0 Å². The molecule has 15 heavy (non-hydrogen) atoms.